The summed E-state index contributed by atoms with van der Waals surface area (Å²) in [4.78, 5) is 9.36. The molecule has 2 aromatic carbocycles. The maximum atomic E-state index is 5.31. The fraction of sp³-hybridized carbons (Fsp3) is 0.435. The lowest BCUT2D eigenvalue weighted by atomic mass is 10.1. The van der Waals surface area contributed by atoms with Crippen molar-refractivity contribution in [3.8, 4) is 5.75 Å². The highest BCUT2D eigenvalue weighted by Gasteiger charge is 2.22. The zero-order valence-corrected chi connectivity index (χ0v) is 21.1. The molecular weight excluding hydrogens is 519 g/mol. The first-order chi connectivity index (χ1) is 15.2. The van der Waals surface area contributed by atoms with Gasteiger partial charge in [-0.05, 0) is 47.9 Å². The molecule has 0 radical (unpaired) electrons. The van der Waals surface area contributed by atoms with Gasteiger partial charge in [0.05, 0.1) is 20.2 Å². The molecule has 9 heteroatoms. The van der Waals surface area contributed by atoms with E-state index in [1.54, 1.807) is 14.2 Å². The Hall–Kier alpha value is -2.40. The summed E-state index contributed by atoms with van der Waals surface area (Å²) in [6.07, 6.45) is 1.88. The highest BCUT2D eigenvalue weighted by molar-refractivity contribution is 14.0. The Bertz CT molecular complexity index is 1070. The fourth-order valence-corrected chi connectivity index (χ4v) is 3.85. The van der Waals surface area contributed by atoms with Crippen molar-refractivity contribution < 1.29 is 9.47 Å². The van der Waals surface area contributed by atoms with Gasteiger partial charge in [-0.3, -0.25) is 0 Å². The molecule has 1 unspecified atom stereocenters. The third-order valence-corrected chi connectivity index (χ3v) is 5.39. The van der Waals surface area contributed by atoms with Crippen LogP contribution in [-0.4, -0.2) is 47.5 Å². The lowest BCUT2D eigenvalue weighted by Crippen LogP contribution is -2.47. The van der Waals surface area contributed by atoms with Crippen LogP contribution in [0.15, 0.2) is 41.4 Å². The molecule has 1 aromatic heterocycles. The van der Waals surface area contributed by atoms with Crippen LogP contribution in [0.3, 0.4) is 0 Å². The van der Waals surface area contributed by atoms with Crippen LogP contribution in [0, 0.1) is 0 Å². The number of halogens is 1. The molecule has 1 aliphatic rings. The molecule has 1 aliphatic heterocycles. The summed E-state index contributed by atoms with van der Waals surface area (Å²) in [5, 5.41) is 13.8. The van der Waals surface area contributed by atoms with E-state index in [1.165, 1.54) is 10.9 Å². The average Bonchev–Trinajstić information content (AvgIpc) is 3.19. The van der Waals surface area contributed by atoms with E-state index in [9.17, 15) is 0 Å². The molecule has 2 N–H and O–H groups in total. The number of nitrogens with zero attached hydrogens (tertiary/aromatic N) is 4. The lowest BCUT2D eigenvalue weighted by molar-refractivity contribution is 0.177. The number of benzene rings is 2. The Morgan fingerprint density at radius 3 is 2.78 bits per heavy atom. The number of guanidine groups is 1. The lowest BCUT2D eigenvalue weighted by Gasteiger charge is -2.25. The Labute approximate surface area is 205 Å². The van der Waals surface area contributed by atoms with Crippen LogP contribution < -0.4 is 15.4 Å². The Morgan fingerprint density at radius 2 is 2.00 bits per heavy atom. The number of fused-ring (bicyclic) bond motifs is 2. The molecule has 2 heterocycles. The topological polar surface area (TPSA) is 85.6 Å². The molecule has 32 heavy (non-hydrogen) atoms. The van der Waals surface area contributed by atoms with E-state index >= 15 is 0 Å². The van der Waals surface area contributed by atoms with Gasteiger partial charge in [-0.2, -0.15) is 5.10 Å². The molecule has 0 saturated heterocycles. The van der Waals surface area contributed by atoms with Gasteiger partial charge in [0.15, 0.2) is 11.8 Å². The van der Waals surface area contributed by atoms with E-state index in [0.717, 1.165) is 54.7 Å². The van der Waals surface area contributed by atoms with Crippen LogP contribution in [0.4, 0.5) is 0 Å². The number of aliphatic imine (C=N–C) groups is 1. The number of rotatable bonds is 7. The van der Waals surface area contributed by atoms with Gasteiger partial charge in [-0.15, -0.1) is 24.0 Å². The molecule has 0 spiro atoms. The standard InChI is InChI=1S/C23H30N6O2.HI/c1-4-24-23(26-19-8-10-22-27-21(15-30-2)28-29(22)14-19)25-13-16-5-6-18-12-20(31-3)9-7-17(18)11-16;/h5-7,9,11-12,19H,4,8,10,13-15H2,1-3H3,(H2,24,25,26);1H. The van der Waals surface area contributed by atoms with Crippen LogP contribution >= 0.6 is 24.0 Å². The van der Waals surface area contributed by atoms with E-state index < -0.39 is 0 Å². The van der Waals surface area contributed by atoms with Gasteiger partial charge in [0, 0.05) is 26.1 Å². The second-order valence-electron chi connectivity index (χ2n) is 7.68. The van der Waals surface area contributed by atoms with E-state index in [1.807, 2.05) is 16.8 Å². The normalized spacial score (nSPS) is 15.7. The SMILES string of the molecule is CCNC(=NCc1ccc2cc(OC)ccc2c1)NC1CCc2nc(COC)nn2C1.I. The third kappa shape index (κ3) is 5.89. The smallest absolute Gasteiger partial charge is 0.191 e. The molecule has 172 valence electrons. The minimum Gasteiger partial charge on any atom is -0.497 e. The number of aryl methyl sites for hydroxylation is 1. The summed E-state index contributed by atoms with van der Waals surface area (Å²) in [6.45, 7) is 4.71. The Balaban J connectivity index is 0.00000289. The highest BCUT2D eigenvalue weighted by atomic mass is 127. The van der Waals surface area contributed by atoms with Crippen LogP contribution in [0.25, 0.3) is 10.8 Å². The highest BCUT2D eigenvalue weighted by Crippen LogP contribution is 2.22. The molecular formula is C23H31IN6O2. The minimum atomic E-state index is 0. The van der Waals surface area contributed by atoms with Crippen LogP contribution in [-0.2, 0) is 30.9 Å². The summed E-state index contributed by atoms with van der Waals surface area (Å²) >= 11 is 0. The first-order valence-corrected chi connectivity index (χ1v) is 10.7. The number of hydrogen-bond acceptors (Lipinski definition) is 5. The fourth-order valence-electron chi connectivity index (χ4n) is 3.85. The van der Waals surface area contributed by atoms with Gasteiger partial charge in [-0.1, -0.05) is 18.2 Å². The predicted molar refractivity (Wildman–Crippen MR) is 137 cm³/mol. The molecule has 8 nitrogen and oxygen atoms in total. The number of ether oxygens (including phenoxy) is 2. The molecule has 0 fully saturated rings. The summed E-state index contributed by atoms with van der Waals surface area (Å²) in [5.74, 6) is 3.46. The monoisotopic (exact) mass is 550 g/mol. The van der Waals surface area contributed by atoms with Gasteiger partial charge in [0.1, 0.15) is 18.2 Å². The largest absolute Gasteiger partial charge is 0.497 e. The zero-order valence-electron chi connectivity index (χ0n) is 18.8. The first-order valence-electron chi connectivity index (χ1n) is 10.7. The van der Waals surface area contributed by atoms with Crippen molar-refractivity contribution in [1.29, 1.82) is 0 Å². The maximum absolute atomic E-state index is 5.31. The van der Waals surface area contributed by atoms with Crippen molar-refractivity contribution in [2.24, 2.45) is 4.99 Å². The van der Waals surface area contributed by atoms with E-state index in [0.29, 0.717) is 13.2 Å². The predicted octanol–water partition coefficient (Wildman–Crippen LogP) is 3.27. The van der Waals surface area contributed by atoms with E-state index in [2.05, 4.69) is 51.9 Å². The molecule has 0 bridgehead atoms. The first kappa shape index (κ1) is 24.2. The summed E-state index contributed by atoms with van der Waals surface area (Å²) in [6, 6.07) is 12.8. The van der Waals surface area contributed by atoms with Crippen molar-refractivity contribution in [2.45, 2.75) is 45.5 Å². The maximum Gasteiger partial charge on any atom is 0.191 e. The summed E-state index contributed by atoms with van der Waals surface area (Å²) in [5.41, 5.74) is 1.17. The second-order valence-corrected chi connectivity index (χ2v) is 7.68. The molecule has 3 aromatic rings. The summed E-state index contributed by atoms with van der Waals surface area (Å²) < 4.78 is 12.4. The van der Waals surface area contributed by atoms with Crippen LogP contribution in [0.2, 0.25) is 0 Å². The van der Waals surface area contributed by atoms with Crippen molar-refractivity contribution in [3.05, 3.63) is 53.6 Å². The van der Waals surface area contributed by atoms with E-state index in [-0.39, 0.29) is 30.0 Å². The van der Waals surface area contributed by atoms with Crippen molar-refractivity contribution in [1.82, 2.24) is 25.4 Å². The van der Waals surface area contributed by atoms with Crippen molar-refractivity contribution in [3.63, 3.8) is 0 Å². The number of nitrogens with one attached hydrogen (secondary N) is 2. The van der Waals surface area contributed by atoms with Crippen molar-refractivity contribution >= 4 is 40.7 Å². The van der Waals surface area contributed by atoms with Crippen LogP contribution in [0.5, 0.6) is 5.75 Å². The molecule has 1 atom stereocenters. The quantitative estimate of drug-likeness (QED) is 0.267. The number of hydrogen-bond donors (Lipinski definition) is 2. The second kappa shape index (κ2) is 11.5. The van der Waals surface area contributed by atoms with Crippen LogP contribution in [0.1, 0.15) is 30.6 Å². The van der Waals surface area contributed by atoms with Gasteiger partial charge >= 0.3 is 0 Å². The molecule has 0 aliphatic carbocycles. The average molecular weight is 550 g/mol. The Morgan fingerprint density at radius 1 is 1.19 bits per heavy atom. The molecule has 4 rings (SSSR count). The van der Waals surface area contributed by atoms with Gasteiger partial charge < -0.3 is 20.1 Å². The minimum absolute atomic E-state index is 0. The summed E-state index contributed by atoms with van der Waals surface area (Å²) in [7, 11) is 3.35. The van der Waals surface area contributed by atoms with Gasteiger partial charge in [0.2, 0.25) is 0 Å². The number of aromatic nitrogens is 3. The molecule has 0 saturated carbocycles. The zero-order chi connectivity index (χ0) is 21.6. The number of methoxy groups -OCH3 is 2. The third-order valence-electron chi connectivity index (χ3n) is 5.39. The van der Waals surface area contributed by atoms with Gasteiger partial charge in [0.25, 0.3) is 0 Å². The Kier molecular flexibility index (Phi) is 8.68. The van der Waals surface area contributed by atoms with E-state index in [4.69, 9.17) is 14.5 Å². The molecule has 0 amide bonds. The van der Waals surface area contributed by atoms with Crippen molar-refractivity contribution in [2.75, 3.05) is 20.8 Å². The van der Waals surface area contributed by atoms with Gasteiger partial charge in [-0.25, -0.2) is 14.7 Å².